The van der Waals surface area contributed by atoms with Crippen molar-refractivity contribution >= 4 is 91.9 Å². The molecule has 2 heterocycles. The number of hydrogen-bond donors (Lipinski definition) is 2. The smallest absolute Gasteiger partial charge is 0.0697 e. The number of aromatic nitrogens is 1. The predicted octanol–water partition coefficient (Wildman–Crippen LogP) is 12.4. The molecule has 0 saturated heterocycles. The average molecular weight is 658 g/mol. The Balaban J connectivity index is 1.21. The molecule has 0 unspecified atom stereocenters. The van der Waals surface area contributed by atoms with Gasteiger partial charge in [0.1, 0.15) is 0 Å². The van der Waals surface area contributed by atoms with E-state index in [0.717, 1.165) is 28.2 Å². The van der Waals surface area contributed by atoms with E-state index in [9.17, 15) is 0 Å². The molecule has 0 aliphatic carbocycles. The SMILES string of the molecule is N/C(=C(\Nc1ccccc1)c1ccc2sc3ccccc3c2c1)c1cccc(-n2c3ccc4ccccc4c3c3c4ccccc4ccc32)c1. The molecule has 236 valence electrons. The van der Waals surface area contributed by atoms with Crippen LogP contribution in [-0.2, 0) is 0 Å². The van der Waals surface area contributed by atoms with Crippen molar-refractivity contribution in [3.63, 3.8) is 0 Å². The molecule has 8 aromatic carbocycles. The zero-order chi connectivity index (χ0) is 33.2. The molecule has 0 amide bonds. The van der Waals surface area contributed by atoms with Crippen molar-refractivity contribution in [3.05, 3.63) is 181 Å². The quantitative estimate of drug-likeness (QED) is 0.181. The minimum Gasteiger partial charge on any atom is -0.397 e. The monoisotopic (exact) mass is 657 g/mol. The maximum Gasteiger partial charge on any atom is 0.0697 e. The normalized spacial score (nSPS) is 12.4. The van der Waals surface area contributed by atoms with Gasteiger partial charge in [-0.1, -0.05) is 115 Å². The zero-order valence-electron chi connectivity index (χ0n) is 27.1. The first kappa shape index (κ1) is 28.6. The highest BCUT2D eigenvalue weighted by Crippen LogP contribution is 2.41. The van der Waals surface area contributed by atoms with Crippen LogP contribution in [0.3, 0.4) is 0 Å². The third-order valence-electron chi connectivity index (χ3n) is 9.94. The van der Waals surface area contributed by atoms with Gasteiger partial charge in [0.05, 0.1) is 22.4 Å². The summed E-state index contributed by atoms with van der Waals surface area (Å²) in [5.74, 6) is 0. The van der Waals surface area contributed by atoms with Crippen LogP contribution in [0, 0.1) is 0 Å². The Morgan fingerprint density at radius 1 is 0.480 bits per heavy atom. The molecular weight excluding hydrogens is 627 g/mol. The number of fused-ring (bicyclic) bond motifs is 10. The molecule has 0 spiro atoms. The molecule has 10 aromatic rings. The highest BCUT2D eigenvalue weighted by molar-refractivity contribution is 7.25. The van der Waals surface area contributed by atoms with Gasteiger partial charge in [0.2, 0.25) is 0 Å². The Hall–Kier alpha value is -6.36. The third kappa shape index (κ3) is 4.50. The topological polar surface area (TPSA) is 43.0 Å². The molecular formula is C46H31N3S. The second kappa shape index (κ2) is 11.4. The number of nitrogens with two attached hydrogens (primary N) is 1. The van der Waals surface area contributed by atoms with Gasteiger partial charge < -0.3 is 15.6 Å². The van der Waals surface area contributed by atoms with Gasteiger partial charge in [-0.15, -0.1) is 11.3 Å². The molecule has 50 heavy (non-hydrogen) atoms. The standard InChI is InChI=1S/C46H31N3S/c47-45(46(48-33-14-2-1-3-15-33)32-23-26-42-38(28-32)37-19-8-9-20-41(37)50-42)31-13-10-16-34(27-31)49-39-24-21-29-11-4-6-17-35(29)43(39)44-36-18-7-5-12-30(36)22-25-40(44)49/h1-28,48H,47H2/b46-45-. The van der Waals surface area contributed by atoms with Crippen molar-refractivity contribution in [1.82, 2.24) is 4.57 Å². The van der Waals surface area contributed by atoms with Crippen molar-refractivity contribution in [2.75, 3.05) is 5.32 Å². The van der Waals surface area contributed by atoms with Crippen LogP contribution in [0.5, 0.6) is 0 Å². The van der Waals surface area contributed by atoms with Gasteiger partial charge in [-0.2, -0.15) is 0 Å². The number of anilines is 1. The first-order valence-electron chi connectivity index (χ1n) is 16.9. The molecule has 0 fully saturated rings. The summed E-state index contributed by atoms with van der Waals surface area (Å²) in [6, 6.07) is 60.6. The van der Waals surface area contributed by atoms with Gasteiger partial charge in [-0.05, 0) is 76.1 Å². The molecule has 0 atom stereocenters. The van der Waals surface area contributed by atoms with Gasteiger partial charge in [0, 0.05) is 53.4 Å². The lowest BCUT2D eigenvalue weighted by atomic mass is 10.00. The fourth-order valence-corrected chi connectivity index (χ4v) is 8.71. The molecule has 10 rings (SSSR count). The van der Waals surface area contributed by atoms with E-state index in [0.29, 0.717) is 5.70 Å². The molecule has 3 N–H and O–H groups in total. The number of hydrogen-bond acceptors (Lipinski definition) is 3. The molecule has 3 nitrogen and oxygen atoms in total. The number of nitrogens with one attached hydrogen (secondary N) is 1. The van der Waals surface area contributed by atoms with Crippen LogP contribution < -0.4 is 11.1 Å². The Morgan fingerprint density at radius 3 is 1.82 bits per heavy atom. The van der Waals surface area contributed by atoms with Crippen molar-refractivity contribution in [3.8, 4) is 5.69 Å². The second-order valence-corrected chi connectivity index (χ2v) is 13.9. The van der Waals surface area contributed by atoms with Gasteiger partial charge in [-0.25, -0.2) is 0 Å². The summed E-state index contributed by atoms with van der Waals surface area (Å²) in [5, 5.41) is 13.7. The fourth-order valence-electron chi connectivity index (χ4n) is 7.63. The van der Waals surface area contributed by atoms with Gasteiger partial charge >= 0.3 is 0 Å². The number of rotatable bonds is 5. The number of nitrogens with zero attached hydrogens (tertiary/aromatic N) is 1. The zero-order valence-corrected chi connectivity index (χ0v) is 27.9. The molecule has 0 bridgehead atoms. The van der Waals surface area contributed by atoms with Crippen LogP contribution in [-0.4, -0.2) is 4.57 Å². The number of benzene rings is 8. The van der Waals surface area contributed by atoms with Crippen LogP contribution in [0.15, 0.2) is 170 Å². The largest absolute Gasteiger partial charge is 0.397 e. The third-order valence-corrected chi connectivity index (χ3v) is 11.1. The van der Waals surface area contributed by atoms with Gasteiger partial charge in [0.25, 0.3) is 0 Å². The maximum absolute atomic E-state index is 7.26. The summed E-state index contributed by atoms with van der Waals surface area (Å²) in [7, 11) is 0. The molecule has 0 aliphatic heterocycles. The van der Waals surface area contributed by atoms with Crippen molar-refractivity contribution in [2.24, 2.45) is 5.73 Å². The van der Waals surface area contributed by atoms with Crippen molar-refractivity contribution in [1.29, 1.82) is 0 Å². The van der Waals surface area contributed by atoms with Crippen LogP contribution in [0.1, 0.15) is 11.1 Å². The Labute approximate surface area is 293 Å². The summed E-state index contributed by atoms with van der Waals surface area (Å²) in [5.41, 5.74) is 15.2. The minimum atomic E-state index is 0.686. The van der Waals surface area contributed by atoms with E-state index in [1.165, 1.54) is 63.5 Å². The molecule has 0 saturated carbocycles. The van der Waals surface area contributed by atoms with E-state index in [1.54, 1.807) is 0 Å². The van der Waals surface area contributed by atoms with Crippen molar-refractivity contribution < 1.29 is 0 Å². The Bertz CT molecular complexity index is 2870. The van der Waals surface area contributed by atoms with Crippen LogP contribution >= 0.6 is 11.3 Å². The Morgan fingerprint density at radius 2 is 1.10 bits per heavy atom. The number of para-hydroxylation sites is 1. The van der Waals surface area contributed by atoms with E-state index in [4.69, 9.17) is 5.73 Å². The summed E-state index contributed by atoms with van der Waals surface area (Å²) in [6.45, 7) is 0. The lowest BCUT2D eigenvalue weighted by molar-refractivity contribution is 1.18. The summed E-state index contributed by atoms with van der Waals surface area (Å²) in [6.07, 6.45) is 0. The summed E-state index contributed by atoms with van der Waals surface area (Å²) in [4.78, 5) is 0. The minimum absolute atomic E-state index is 0.686. The van der Waals surface area contributed by atoms with Crippen LogP contribution in [0.2, 0.25) is 0 Å². The van der Waals surface area contributed by atoms with E-state index in [2.05, 4.69) is 162 Å². The summed E-state index contributed by atoms with van der Waals surface area (Å²) < 4.78 is 4.95. The highest BCUT2D eigenvalue weighted by atomic mass is 32.1. The van der Waals surface area contributed by atoms with Gasteiger partial charge in [0.15, 0.2) is 0 Å². The van der Waals surface area contributed by atoms with E-state index < -0.39 is 0 Å². The van der Waals surface area contributed by atoms with E-state index in [1.807, 2.05) is 29.5 Å². The lowest BCUT2D eigenvalue weighted by Gasteiger charge is -2.17. The van der Waals surface area contributed by atoms with Crippen LogP contribution in [0.25, 0.3) is 80.6 Å². The van der Waals surface area contributed by atoms with E-state index >= 15 is 0 Å². The first-order chi connectivity index (χ1) is 24.7. The predicted molar refractivity (Wildman–Crippen MR) is 216 cm³/mol. The van der Waals surface area contributed by atoms with Crippen molar-refractivity contribution in [2.45, 2.75) is 0 Å². The lowest BCUT2D eigenvalue weighted by Crippen LogP contribution is -2.09. The molecule has 0 radical (unpaired) electrons. The van der Waals surface area contributed by atoms with Gasteiger partial charge in [-0.3, -0.25) is 0 Å². The molecule has 0 aliphatic rings. The fraction of sp³-hybridized carbons (Fsp3) is 0. The van der Waals surface area contributed by atoms with Crippen LogP contribution in [0.4, 0.5) is 5.69 Å². The highest BCUT2D eigenvalue weighted by Gasteiger charge is 2.19. The molecule has 2 aromatic heterocycles. The molecule has 4 heteroatoms. The number of thiophene rings is 1. The summed E-state index contributed by atoms with van der Waals surface area (Å²) >= 11 is 1.82. The Kier molecular flexibility index (Phi) is 6.51. The second-order valence-electron chi connectivity index (χ2n) is 12.8. The average Bonchev–Trinajstić information content (AvgIpc) is 3.73. The maximum atomic E-state index is 7.26. The van der Waals surface area contributed by atoms with E-state index in [-0.39, 0.29) is 0 Å². The first-order valence-corrected chi connectivity index (χ1v) is 17.7.